The lowest BCUT2D eigenvalue weighted by atomic mass is 10.0. The van der Waals surface area contributed by atoms with Gasteiger partial charge in [-0.2, -0.15) is 0 Å². The summed E-state index contributed by atoms with van der Waals surface area (Å²) in [6.45, 7) is 2.52. The van der Waals surface area contributed by atoms with Gasteiger partial charge in [-0.15, -0.1) is 0 Å². The summed E-state index contributed by atoms with van der Waals surface area (Å²) < 4.78 is 4.68. The second-order valence-corrected chi connectivity index (χ2v) is 5.37. The predicted molar refractivity (Wildman–Crippen MR) is 79.8 cm³/mol. The quantitative estimate of drug-likeness (QED) is 0.779. The molecule has 0 aliphatic carbocycles. The zero-order chi connectivity index (χ0) is 15.1. The maximum atomic E-state index is 11.8. The maximum absolute atomic E-state index is 11.8. The van der Waals surface area contributed by atoms with Crippen molar-refractivity contribution in [3.63, 3.8) is 0 Å². The highest BCUT2D eigenvalue weighted by molar-refractivity contribution is 5.89. The number of methoxy groups -OCH3 is 1. The summed E-state index contributed by atoms with van der Waals surface area (Å²) in [7, 11) is 1.36. The summed E-state index contributed by atoms with van der Waals surface area (Å²) in [5.41, 5.74) is 1.40. The first-order chi connectivity index (χ1) is 10.2. The molecule has 114 valence electrons. The highest BCUT2D eigenvalue weighted by atomic mass is 16.5. The van der Waals surface area contributed by atoms with E-state index in [1.54, 1.807) is 18.2 Å². The first-order valence-corrected chi connectivity index (χ1v) is 7.33. The van der Waals surface area contributed by atoms with Crippen molar-refractivity contribution in [3.8, 4) is 0 Å². The van der Waals surface area contributed by atoms with Gasteiger partial charge in [0, 0.05) is 13.0 Å². The summed E-state index contributed by atoms with van der Waals surface area (Å²) in [4.78, 5) is 23.3. The fourth-order valence-electron chi connectivity index (χ4n) is 2.51. The zero-order valence-electron chi connectivity index (χ0n) is 12.4. The van der Waals surface area contributed by atoms with Gasteiger partial charge in [0.05, 0.1) is 12.7 Å². The number of amides is 1. The van der Waals surface area contributed by atoms with E-state index in [-0.39, 0.29) is 11.9 Å². The summed E-state index contributed by atoms with van der Waals surface area (Å²) in [5.74, 6) is 0.320. The van der Waals surface area contributed by atoms with Crippen molar-refractivity contribution >= 4 is 11.9 Å². The van der Waals surface area contributed by atoms with Crippen LogP contribution in [0.3, 0.4) is 0 Å². The van der Waals surface area contributed by atoms with Crippen LogP contribution in [0, 0.1) is 5.92 Å². The van der Waals surface area contributed by atoms with Crippen molar-refractivity contribution in [2.75, 3.05) is 20.2 Å². The molecule has 1 unspecified atom stereocenters. The van der Waals surface area contributed by atoms with E-state index in [9.17, 15) is 9.59 Å². The number of carbonyl (C=O) groups is 2. The van der Waals surface area contributed by atoms with Crippen LogP contribution in [0.15, 0.2) is 24.3 Å². The molecule has 2 N–H and O–H groups in total. The highest BCUT2D eigenvalue weighted by Gasteiger charge is 2.15. The van der Waals surface area contributed by atoms with E-state index in [1.165, 1.54) is 7.11 Å². The molecule has 5 nitrogen and oxygen atoms in total. The van der Waals surface area contributed by atoms with Crippen LogP contribution in [0.5, 0.6) is 0 Å². The molecule has 0 bridgehead atoms. The lowest BCUT2D eigenvalue weighted by Crippen LogP contribution is -2.23. The van der Waals surface area contributed by atoms with Crippen LogP contribution >= 0.6 is 0 Å². The molecule has 1 aromatic carbocycles. The van der Waals surface area contributed by atoms with Crippen molar-refractivity contribution in [2.24, 2.45) is 5.92 Å². The van der Waals surface area contributed by atoms with Crippen LogP contribution in [0.1, 0.15) is 35.2 Å². The van der Waals surface area contributed by atoms with Crippen molar-refractivity contribution in [3.05, 3.63) is 35.4 Å². The first-order valence-electron chi connectivity index (χ1n) is 7.33. The Morgan fingerprint density at radius 2 is 2.29 bits per heavy atom. The molecule has 1 aliphatic heterocycles. The molecular weight excluding hydrogens is 268 g/mol. The average molecular weight is 290 g/mol. The Morgan fingerprint density at radius 1 is 1.43 bits per heavy atom. The molecule has 5 heteroatoms. The van der Waals surface area contributed by atoms with E-state index in [0.29, 0.717) is 24.4 Å². The molecule has 1 amide bonds. The second kappa shape index (κ2) is 7.78. The third-order valence-corrected chi connectivity index (χ3v) is 3.78. The van der Waals surface area contributed by atoms with Crippen LogP contribution in [0.25, 0.3) is 0 Å². The molecule has 1 aliphatic rings. The molecule has 1 heterocycles. The Hall–Kier alpha value is -1.88. The fraction of sp³-hybridized carbons (Fsp3) is 0.500. The smallest absolute Gasteiger partial charge is 0.337 e. The molecule has 0 spiro atoms. The van der Waals surface area contributed by atoms with Gasteiger partial charge < -0.3 is 15.4 Å². The van der Waals surface area contributed by atoms with Gasteiger partial charge in [0.25, 0.3) is 0 Å². The molecular formula is C16H22N2O3. The fourth-order valence-corrected chi connectivity index (χ4v) is 2.51. The third kappa shape index (κ3) is 4.86. The third-order valence-electron chi connectivity index (χ3n) is 3.78. The van der Waals surface area contributed by atoms with Crippen LogP contribution in [0.4, 0.5) is 0 Å². The van der Waals surface area contributed by atoms with Crippen LogP contribution in [0.2, 0.25) is 0 Å². The van der Waals surface area contributed by atoms with Crippen LogP contribution in [-0.2, 0) is 16.1 Å². The Labute approximate surface area is 125 Å². The largest absolute Gasteiger partial charge is 0.465 e. The number of ether oxygens (including phenoxy) is 1. The SMILES string of the molecule is COC(=O)c1cccc(CNC(=O)CCC2CCNC2)c1. The van der Waals surface area contributed by atoms with E-state index < -0.39 is 0 Å². The number of nitrogens with one attached hydrogen (secondary N) is 2. The van der Waals surface area contributed by atoms with Gasteiger partial charge in [0.2, 0.25) is 5.91 Å². The summed E-state index contributed by atoms with van der Waals surface area (Å²) >= 11 is 0. The molecule has 0 aromatic heterocycles. The molecule has 21 heavy (non-hydrogen) atoms. The lowest BCUT2D eigenvalue weighted by Gasteiger charge is -2.09. The number of benzene rings is 1. The van der Waals surface area contributed by atoms with Gasteiger partial charge >= 0.3 is 5.97 Å². The van der Waals surface area contributed by atoms with E-state index in [1.807, 2.05) is 6.07 Å². The summed E-state index contributed by atoms with van der Waals surface area (Å²) in [6.07, 6.45) is 2.65. The van der Waals surface area contributed by atoms with Crippen molar-refractivity contribution < 1.29 is 14.3 Å². The van der Waals surface area contributed by atoms with Crippen LogP contribution in [-0.4, -0.2) is 32.1 Å². The minimum absolute atomic E-state index is 0.0605. The number of carbonyl (C=O) groups excluding carboxylic acids is 2. The molecule has 1 saturated heterocycles. The number of hydrogen-bond donors (Lipinski definition) is 2. The van der Waals surface area contributed by atoms with E-state index in [2.05, 4.69) is 15.4 Å². The number of esters is 1. The number of hydrogen-bond acceptors (Lipinski definition) is 4. The standard InChI is InChI=1S/C16H22N2O3/c1-21-16(20)14-4-2-3-13(9-14)11-18-15(19)6-5-12-7-8-17-10-12/h2-4,9,12,17H,5-8,10-11H2,1H3,(H,18,19). The lowest BCUT2D eigenvalue weighted by molar-refractivity contribution is -0.121. The molecule has 1 aromatic rings. The Morgan fingerprint density at radius 3 is 3.00 bits per heavy atom. The Balaban J connectivity index is 1.76. The monoisotopic (exact) mass is 290 g/mol. The molecule has 1 atom stereocenters. The maximum Gasteiger partial charge on any atom is 0.337 e. The molecule has 0 radical (unpaired) electrons. The molecule has 1 fully saturated rings. The van der Waals surface area contributed by atoms with Gasteiger partial charge in [0.15, 0.2) is 0 Å². The van der Waals surface area contributed by atoms with Gasteiger partial charge in [-0.25, -0.2) is 4.79 Å². The molecule has 0 saturated carbocycles. The number of rotatable bonds is 6. The Bertz CT molecular complexity index is 496. The van der Waals surface area contributed by atoms with Gasteiger partial charge in [-0.1, -0.05) is 12.1 Å². The van der Waals surface area contributed by atoms with Gasteiger partial charge in [-0.05, 0) is 49.5 Å². The van der Waals surface area contributed by atoms with Crippen molar-refractivity contribution in [2.45, 2.75) is 25.8 Å². The van der Waals surface area contributed by atoms with E-state index in [4.69, 9.17) is 0 Å². The topological polar surface area (TPSA) is 67.4 Å². The minimum atomic E-state index is -0.364. The summed E-state index contributed by atoms with van der Waals surface area (Å²) in [6, 6.07) is 7.11. The predicted octanol–water partition coefficient (Wildman–Crippen LogP) is 1.48. The molecule has 2 rings (SSSR count). The Kier molecular flexibility index (Phi) is 5.75. The first kappa shape index (κ1) is 15.5. The highest BCUT2D eigenvalue weighted by Crippen LogP contribution is 2.14. The average Bonchev–Trinajstić information content (AvgIpc) is 3.04. The van der Waals surface area contributed by atoms with E-state index in [0.717, 1.165) is 31.5 Å². The van der Waals surface area contributed by atoms with Gasteiger partial charge in [-0.3, -0.25) is 4.79 Å². The second-order valence-electron chi connectivity index (χ2n) is 5.37. The van der Waals surface area contributed by atoms with Crippen molar-refractivity contribution in [1.29, 1.82) is 0 Å². The van der Waals surface area contributed by atoms with Crippen molar-refractivity contribution in [1.82, 2.24) is 10.6 Å². The van der Waals surface area contributed by atoms with Crippen LogP contribution < -0.4 is 10.6 Å². The summed E-state index contributed by atoms with van der Waals surface area (Å²) in [5, 5.41) is 6.20. The van der Waals surface area contributed by atoms with Gasteiger partial charge in [0.1, 0.15) is 0 Å². The minimum Gasteiger partial charge on any atom is -0.465 e. The zero-order valence-corrected chi connectivity index (χ0v) is 12.4. The van der Waals surface area contributed by atoms with E-state index >= 15 is 0 Å². The normalized spacial score (nSPS) is 17.5.